The van der Waals surface area contributed by atoms with Crippen molar-refractivity contribution in [1.82, 2.24) is 20.1 Å². The molecule has 1 atom stereocenters. The van der Waals surface area contributed by atoms with E-state index < -0.39 is 0 Å². The van der Waals surface area contributed by atoms with Crippen LogP contribution >= 0.6 is 11.8 Å². The molecule has 0 aliphatic carbocycles. The molecule has 0 amide bonds. The lowest BCUT2D eigenvalue weighted by Crippen LogP contribution is -2.19. The molecule has 1 aromatic carbocycles. The number of nitrogens with one attached hydrogen (secondary N) is 1. The maximum Gasteiger partial charge on any atom is 0.191 e. The third kappa shape index (κ3) is 3.41. The lowest BCUT2D eigenvalue weighted by molar-refractivity contribution is 0.658. The molecule has 20 heavy (non-hydrogen) atoms. The van der Waals surface area contributed by atoms with Gasteiger partial charge in [-0.15, -0.1) is 10.2 Å². The summed E-state index contributed by atoms with van der Waals surface area (Å²) >= 11 is 1.73. The number of aromatic nitrogens is 3. The van der Waals surface area contributed by atoms with Crippen molar-refractivity contribution >= 4 is 11.8 Å². The monoisotopic (exact) mass is 290 g/mol. The summed E-state index contributed by atoms with van der Waals surface area (Å²) in [4.78, 5) is 0. The zero-order chi connectivity index (χ0) is 14.5. The minimum atomic E-state index is 0.322. The Morgan fingerprint density at radius 3 is 2.45 bits per heavy atom. The molecule has 0 saturated heterocycles. The van der Waals surface area contributed by atoms with Crippen molar-refractivity contribution < 1.29 is 0 Å². The minimum absolute atomic E-state index is 0.322. The molecule has 0 saturated carbocycles. The first-order chi connectivity index (χ1) is 9.65. The molecule has 0 aliphatic rings. The van der Waals surface area contributed by atoms with Crippen molar-refractivity contribution in [2.75, 3.05) is 12.8 Å². The minimum Gasteiger partial charge on any atom is -0.312 e. The van der Waals surface area contributed by atoms with Crippen molar-refractivity contribution in [2.24, 2.45) is 7.05 Å². The summed E-state index contributed by atoms with van der Waals surface area (Å²) in [7, 11) is 4.00. The summed E-state index contributed by atoms with van der Waals surface area (Å²) in [6.07, 6.45) is 1.08. The van der Waals surface area contributed by atoms with E-state index in [0.717, 1.165) is 23.2 Å². The Morgan fingerprint density at radius 2 is 1.95 bits per heavy atom. The Balaban J connectivity index is 2.03. The Bertz CT molecular complexity index is 548. The van der Waals surface area contributed by atoms with Gasteiger partial charge in [-0.25, -0.2) is 0 Å². The topological polar surface area (TPSA) is 42.7 Å². The van der Waals surface area contributed by atoms with Crippen LogP contribution in [0.4, 0.5) is 0 Å². The molecule has 4 nitrogen and oxygen atoms in total. The fourth-order valence-electron chi connectivity index (χ4n) is 2.00. The fourth-order valence-corrected chi connectivity index (χ4v) is 3.10. The highest BCUT2D eigenvalue weighted by molar-refractivity contribution is 7.99. The van der Waals surface area contributed by atoms with Crippen LogP contribution in [0, 0.1) is 6.92 Å². The Morgan fingerprint density at radius 1 is 1.25 bits per heavy atom. The highest BCUT2D eigenvalue weighted by Crippen LogP contribution is 2.23. The van der Waals surface area contributed by atoms with Gasteiger partial charge in [-0.2, -0.15) is 0 Å². The third-order valence-corrected chi connectivity index (χ3v) is 4.68. The largest absolute Gasteiger partial charge is 0.312 e. The summed E-state index contributed by atoms with van der Waals surface area (Å²) < 4.78 is 2.03. The molecule has 1 unspecified atom stereocenters. The van der Waals surface area contributed by atoms with Crippen molar-refractivity contribution in [1.29, 1.82) is 0 Å². The van der Waals surface area contributed by atoms with Gasteiger partial charge in [-0.3, -0.25) is 0 Å². The van der Waals surface area contributed by atoms with Gasteiger partial charge in [0, 0.05) is 18.8 Å². The quantitative estimate of drug-likeness (QED) is 0.831. The second kappa shape index (κ2) is 6.90. The first-order valence-electron chi connectivity index (χ1n) is 6.90. The smallest absolute Gasteiger partial charge is 0.191 e. The normalized spacial score (nSPS) is 12.6. The fraction of sp³-hybridized carbons (Fsp3) is 0.467. The van der Waals surface area contributed by atoms with Crippen molar-refractivity contribution in [3.63, 3.8) is 0 Å². The van der Waals surface area contributed by atoms with Gasteiger partial charge in [0.15, 0.2) is 5.16 Å². The number of hydrogen-bond donors (Lipinski definition) is 1. The summed E-state index contributed by atoms with van der Waals surface area (Å²) in [5.41, 5.74) is 2.69. The molecule has 0 aliphatic heterocycles. The molecular formula is C15H22N4S. The van der Waals surface area contributed by atoms with Crippen LogP contribution in [0.15, 0.2) is 29.4 Å². The molecule has 0 fully saturated rings. The second-order valence-electron chi connectivity index (χ2n) is 4.84. The number of nitrogens with zero attached hydrogens (tertiary/aromatic N) is 3. The molecular weight excluding hydrogens is 268 g/mol. The van der Waals surface area contributed by atoms with E-state index in [1.54, 1.807) is 11.8 Å². The molecule has 108 valence electrons. The summed E-state index contributed by atoms with van der Waals surface area (Å²) in [6.45, 7) is 4.15. The number of aryl methyl sites for hydroxylation is 2. The third-order valence-electron chi connectivity index (χ3n) is 3.57. The van der Waals surface area contributed by atoms with Crippen molar-refractivity contribution in [2.45, 2.75) is 31.5 Å². The van der Waals surface area contributed by atoms with Crippen molar-refractivity contribution in [3.8, 4) is 0 Å². The van der Waals surface area contributed by atoms with Gasteiger partial charge in [0.05, 0.1) is 0 Å². The predicted octanol–water partition coefficient (Wildman–Crippen LogP) is 2.74. The van der Waals surface area contributed by atoms with E-state index in [9.17, 15) is 0 Å². The zero-order valence-electron chi connectivity index (χ0n) is 12.6. The average molecular weight is 290 g/mol. The maximum absolute atomic E-state index is 4.19. The van der Waals surface area contributed by atoms with E-state index in [1.165, 1.54) is 11.1 Å². The van der Waals surface area contributed by atoms with Gasteiger partial charge < -0.3 is 9.88 Å². The van der Waals surface area contributed by atoms with Crippen LogP contribution in [0.1, 0.15) is 29.9 Å². The van der Waals surface area contributed by atoms with Crippen LogP contribution in [0.5, 0.6) is 0 Å². The Labute approximate surface area is 125 Å². The number of hydrogen-bond acceptors (Lipinski definition) is 4. The van der Waals surface area contributed by atoms with Crippen LogP contribution in [0.2, 0.25) is 0 Å². The predicted molar refractivity (Wildman–Crippen MR) is 84.1 cm³/mol. The second-order valence-corrected chi connectivity index (χ2v) is 5.82. The van der Waals surface area contributed by atoms with E-state index >= 15 is 0 Å². The standard InChI is InChI=1S/C15H22N4S/c1-5-12-6-8-13(9-7-12)14(16-3)10-20-15-18-17-11(2)19(15)4/h6-9,14,16H,5,10H2,1-4H3. The summed E-state index contributed by atoms with van der Waals surface area (Å²) in [5, 5.41) is 12.6. The summed E-state index contributed by atoms with van der Waals surface area (Å²) in [6, 6.07) is 9.15. The van der Waals surface area contributed by atoms with Gasteiger partial charge in [0.2, 0.25) is 0 Å². The van der Waals surface area contributed by atoms with Gasteiger partial charge >= 0.3 is 0 Å². The van der Waals surface area contributed by atoms with Gasteiger partial charge in [-0.1, -0.05) is 43.0 Å². The van der Waals surface area contributed by atoms with E-state index in [4.69, 9.17) is 0 Å². The van der Waals surface area contributed by atoms with E-state index in [1.807, 2.05) is 25.6 Å². The van der Waals surface area contributed by atoms with Crippen LogP contribution in [-0.2, 0) is 13.5 Å². The van der Waals surface area contributed by atoms with Crippen LogP contribution in [0.3, 0.4) is 0 Å². The molecule has 1 N–H and O–H groups in total. The molecule has 5 heteroatoms. The molecule has 1 heterocycles. The van der Waals surface area contributed by atoms with Crippen LogP contribution < -0.4 is 5.32 Å². The number of benzene rings is 1. The first-order valence-corrected chi connectivity index (χ1v) is 7.89. The molecule has 0 spiro atoms. The molecule has 1 aromatic heterocycles. The van der Waals surface area contributed by atoms with E-state index in [-0.39, 0.29) is 0 Å². The molecule has 2 aromatic rings. The number of rotatable bonds is 6. The first kappa shape index (κ1) is 15.1. The van der Waals surface area contributed by atoms with Crippen LogP contribution in [-0.4, -0.2) is 27.6 Å². The number of thioether (sulfide) groups is 1. The van der Waals surface area contributed by atoms with Gasteiger partial charge in [0.25, 0.3) is 0 Å². The lowest BCUT2D eigenvalue weighted by atomic mass is 10.1. The summed E-state index contributed by atoms with van der Waals surface area (Å²) in [5.74, 6) is 1.88. The molecule has 0 bridgehead atoms. The maximum atomic E-state index is 4.19. The van der Waals surface area contributed by atoms with E-state index in [0.29, 0.717) is 6.04 Å². The highest BCUT2D eigenvalue weighted by atomic mass is 32.2. The lowest BCUT2D eigenvalue weighted by Gasteiger charge is -2.16. The van der Waals surface area contributed by atoms with Crippen molar-refractivity contribution in [3.05, 3.63) is 41.2 Å². The SMILES string of the molecule is CCc1ccc(C(CSc2nnc(C)n2C)NC)cc1. The average Bonchev–Trinajstić information content (AvgIpc) is 2.80. The highest BCUT2D eigenvalue weighted by Gasteiger charge is 2.12. The molecule has 2 rings (SSSR count). The Kier molecular flexibility index (Phi) is 5.20. The molecule has 0 radical (unpaired) electrons. The van der Waals surface area contributed by atoms with E-state index in [2.05, 4.69) is 46.7 Å². The van der Waals surface area contributed by atoms with Crippen LogP contribution in [0.25, 0.3) is 0 Å². The van der Waals surface area contributed by atoms with Gasteiger partial charge in [-0.05, 0) is 31.5 Å². The Hall–Kier alpha value is -1.33. The zero-order valence-corrected chi connectivity index (χ0v) is 13.4. The van der Waals surface area contributed by atoms with Gasteiger partial charge in [0.1, 0.15) is 5.82 Å².